The Morgan fingerprint density at radius 2 is 2.04 bits per heavy atom. The molecule has 1 N–H and O–H groups in total. The van der Waals surface area contributed by atoms with Gasteiger partial charge in [-0.05, 0) is 38.3 Å². The van der Waals surface area contributed by atoms with E-state index in [4.69, 9.17) is 4.74 Å². The summed E-state index contributed by atoms with van der Waals surface area (Å²) in [7, 11) is 0. The van der Waals surface area contributed by atoms with Crippen LogP contribution in [0.4, 0.5) is 5.82 Å². The van der Waals surface area contributed by atoms with Gasteiger partial charge >= 0.3 is 0 Å². The van der Waals surface area contributed by atoms with E-state index in [2.05, 4.69) is 10.4 Å². The third kappa shape index (κ3) is 3.91. The van der Waals surface area contributed by atoms with Crippen molar-refractivity contribution in [3.63, 3.8) is 0 Å². The van der Waals surface area contributed by atoms with E-state index in [1.54, 1.807) is 17.5 Å². The average Bonchev–Trinajstić information content (AvgIpc) is 3.43. The first kappa shape index (κ1) is 18.2. The molecule has 2 aromatic heterocycles. The highest BCUT2D eigenvalue weighted by Gasteiger charge is 2.28. The van der Waals surface area contributed by atoms with Crippen LogP contribution in [0.2, 0.25) is 0 Å². The summed E-state index contributed by atoms with van der Waals surface area (Å²) in [4.78, 5) is 28.8. The van der Waals surface area contributed by atoms with Gasteiger partial charge in [0, 0.05) is 30.6 Å². The standard InChI is InChI=1S/C19H24N4O3S/c1-13-2-3-16(27-13)19(25)22-9-5-15(6-10-22)23-17(4-8-20-23)21-18(24)14-7-11-26-12-14/h2-4,8,14-15H,5-7,9-12H2,1H3,(H,21,24)/t14-/m1/s1. The summed E-state index contributed by atoms with van der Waals surface area (Å²) in [6.45, 7) is 4.55. The third-order valence-corrected chi connectivity index (χ3v) is 6.26. The van der Waals surface area contributed by atoms with Crippen LogP contribution < -0.4 is 5.32 Å². The van der Waals surface area contributed by atoms with Crippen molar-refractivity contribution in [3.05, 3.63) is 34.2 Å². The molecule has 2 amide bonds. The van der Waals surface area contributed by atoms with Gasteiger partial charge in [-0.2, -0.15) is 5.10 Å². The van der Waals surface area contributed by atoms with E-state index in [-0.39, 0.29) is 23.8 Å². The lowest BCUT2D eigenvalue weighted by molar-refractivity contribution is -0.119. The van der Waals surface area contributed by atoms with Crippen molar-refractivity contribution in [2.24, 2.45) is 5.92 Å². The van der Waals surface area contributed by atoms with Crippen LogP contribution in [-0.4, -0.2) is 52.8 Å². The molecule has 0 radical (unpaired) electrons. The number of nitrogens with zero attached hydrogens (tertiary/aromatic N) is 3. The number of hydrogen-bond acceptors (Lipinski definition) is 5. The summed E-state index contributed by atoms with van der Waals surface area (Å²) in [6, 6.07) is 5.91. The van der Waals surface area contributed by atoms with Crippen LogP contribution in [0, 0.1) is 12.8 Å². The fourth-order valence-corrected chi connectivity index (χ4v) is 4.53. The van der Waals surface area contributed by atoms with Crippen molar-refractivity contribution in [2.75, 3.05) is 31.6 Å². The molecule has 4 heterocycles. The van der Waals surface area contributed by atoms with Crippen molar-refractivity contribution in [1.29, 1.82) is 0 Å². The fraction of sp³-hybridized carbons (Fsp3) is 0.526. The van der Waals surface area contributed by atoms with Gasteiger partial charge in [-0.25, -0.2) is 4.68 Å². The van der Waals surface area contributed by atoms with Crippen molar-refractivity contribution >= 4 is 29.0 Å². The summed E-state index contributed by atoms with van der Waals surface area (Å²) in [5.41, 5.74) is 0. The van der Waals surface area contributed by atoms with Crippen molar-refractivity contribution in [3.8, 4) is 0 Å². The summed E-state index contributed by atoms with van der Waals surface area (Å²) in [6.07, 6.45) is 4.13. The van der Waals surface area contributed by atoms with Gasteiger partial charge in [0.1, 0.15) is 5.82 Å². The maximum absolute atomic E-state index is 12.6. The highest BCUT2D eigenvalue weighted by atomic mass is 32.1. The van der Waals surface area contributed by atoms with Crippen LogP contribution in [-0.2, 0) is 9.53 Å². The highest BCUT2D eigenvalue weighted by molar-refractivity contribution is 7.13. The largest absolute Gasteiger partial charge is 0.381 e. The lowest BCUT2D eigenvalue weighted by atomic mass is 10.0. The Bertz CT molecular complexity index is 817. The van der Waals surface area contributed by atoms with Crippen LogP contribution in [0.5, 0.6) is 0 Å². The second-order valence-corrected chi connectivity index (χ2v) is 8.43. The molecule has 0 unspecified atom stereocenters. The van der Waals surface area contributed by atoms with Crippen molar-refractivity contribution in [1.82, 2.24) is 14.7 Å². The lowest BCUT2D eigenvalue weighted by Crippen LogP contribution is -2.39. The number of aromatic nitrogens is 2. The Kier molecular flexibility index (Phi) is 5.27. The van der Waals surface area contributed by atoms with Gasteiger partial charge in [0.2, 0.25) is 5.91 Å². The van der Waals surface area contributed by atoms with E-state index in [0.29, 0.717) is 26.3 Å². The average molecular weight is 388 g/mol. The van der Waals surface area contributed by atoms with Crippen molar-refractivity contribution < 1.29 is 14.3 Å². The van der Waals surface area contributed by atoms with Gasteiger partial charge in [0.25, 0.3) is 5.91 Å². The van der Waals surface area contributed by atoms with E-state index in [1.807, 2.05) is 34.7 Å². The molecule has 1 atom stereocenters. The number of amides is 2. The van der Waals surface area contributed by atoms with Gasteiger partial charge in [0.15, 0.2) is 0 Å². The molecule has 144 valence electrons. The van der Waals surface area contributed by atoms with E-state index in [9.17, 15) is 9.59 Å². The van der Waals surface area contributed by atoms with Crippen LogP contribution in [0.1, 0.15) is 39.9 Å². The number of ether oxygens (including phenoxy) is 1. The first-order valence-corrected chi connectivity index (χ1v) is 10.2. The first-order chi connectivity index (χ1) is 13.1. The highest BCUT2D eigenvalue weighted by Crippen LogP contribution is 2.28. The van der Waals surface area contributed by atoms with Gasteiger partial charge in [-0.1, -0.05) is 0 Å². The molecule has 27 heavy (non-hydrogen) atoms. The first-order valence-electron chi connectivity index (χ1n) is 9.39. The van der Waals surface area contributed by atoms with Gasteiger partial charge in [0.05, 0.1) is 29.6 Å². The predicted octanol–water partition coefficient (Wildman–Crippen LogP) is 2.71. The monoisotopic (exact) mass is 388 g/mol. The quantitative estimate of drug-likeness (QED) is 0.874. The molecule has 2 fully saturated rings. The normalized spacial score (nSPS) is 20.8. The zero-order valence-corrected chi connectivity index (χ0v) is 16.2. The summed E-state index contributed by atoms with van der Waals surface area (Å²) >= 11 is 1.54. The molecule has 0 aliphatic carbocycles. The summed E-state index contributed by atoms with van der Waals surface area (Å²) in [5.74, 6) is 0.754. The molecule has 2 aliphatic rings. The van der Waals surface area contributed by atoms with E-state index >= 15 is 0 Å². The molecular formula is C19H24N4O3S. The minimum atomic E-state index is -0.0814. The zero-order chi connectivity index (χ0) is 18.8. The number of aryl methyl sites for hydroxylation is 1. The molecule has 7 nitrogen and oxygen atoms in total. The number of hydrogen-bond donors (Lipinski definition) is 1. The Morgan fingerprint density at radius 3 is 2.70 bits per heavy atom. The minimum Gasteiger partial charge on any atom is -0.381 e. The minimum absolute atomic E-state index is 0.00470. The maximum Gasteiger partial charge on any atom is 0.263 e. The molecule has 0 spiro atoms. The third-order valence-electron chi connectivity index (χ3n) is 5.27. The SMILES string of the molecule is Cc1ccc(C(=O)N2CCC(n3nccc3NC(=O)[C@@H]3CCOC3)CC2)s1. The molecule has 2 saturated heterocycles. The molecule has 4 rings (SSSR count). The molecule has 2 aromatic rings. The number of carbonyl (C=O) groups is 2. The summed E-state index contributed by atoms with van der Waals surface area (Å²) in [5, 5.41) is 7.42. The number of nitrogens with one attached hydrogen (secondary N) is 1. The van der Waals surface area contributed by atoms with Gasteiger partial charge in [-0.3, -0.25) is 9.59 Å². The van der Waals surface area contributed by atoms with Gasteiger partial charge in [-0.15, -0.1) is 11.3 Å². The Hall–Kier alpha value is -2.19. The maximum atomic E-state index is 12.6. The molecule has 8 heteroatoms. The predicted molar refractivity (Wildman–Crippen MR) is 103 cm³/mol. The Labute approximate surface area is 162 Å². The molecule has 2 aliphatic heterocycles. The van der Waals surface area contributed by atoms with E-state index in [1.165, 1.54) is 0 Å². The van der Waals surface area contributed by atoms with Crippen LogP contribution in [0.3, 0.4) is 0 Å². The van der Waals surface area contributed by atoms with Crippen LogP contribution in [0.15, 0.2) is 24.4 Å². The Morgan fingerprint density at radius 1 is 1.22 bits per heavy atom. The van der Waals surface area contributed by atoms with E-state index < -0.39 is 0 Å². The summed E-state index contributed by atoms with van der Waals surface area (Å²) < 4.78 is 7.19. The number of thiophene rings is 1. The van der Waals surface area contributed by atoms with Crippen molar-refractivity contribution in [2.45, 2.75) is 32.2 Å². The molecule has 0 bridgehead atoms. The molecule has 0 saturated carbocycles. The van der Waals surface area contributed by atoms with Gasteiger partial charge < -0.3 is 15.0 Å². The molecule has 0 aromatic carbocycles. The van der Waals surface area contributed by atoms with E-state index in [0.717, 1.165) is 34.8 Å². The number of anilines is 1. The van der Waals surface area contributed by atoms with Crippen LogP contribution >= 0.6 is 11.3 Å². The fourth-order valence-electron chi connectivity index (χ4n) is 3.69. The number of carbonyl (C=O) groups excluding carboxylic acids is 2. The second kappa shape index (κ2) is 7.82. The second-order valence-electron chi connectivity index (χ2n) is 7.14. The zero-order valence-electron chi connectivity index (χ0n) is 15.4. The number of rotatable bonds is 4. The Balaban J connectivity index is 1.36. The lowest BCUT2D eigenvalue weighted by Gasteiger charge is -2.32. The topological polar surface area (TPSA) is 76.5 Å². The number of piperidine rings is 1. The smallest absolute Gasteiger partial charge is 0.263 e. The molecular weight excluding hydrogens is 364 g/mol. The number of likely N-dealkylation sites (tertiary alicyclic amines) is 1. The van der Waals surface area contributed by atoms with Crippen LogP contribution in [0.25, 0.3) is 0 Å².